The van der Waals surface area contributed by atoms with E-state index in [2.05, 4.69) is 49.2 Å². The van der Waals surface area contributed by atoms with Gasteiger partial charge in [-0.2, -0.15) is 0 Å². The highest BCUT2D eigenvalue weighted by Crippen LogP contribution is 2.31. The minimum absolute atomic E-state index is 0.108. The first-order valence-electron chi connectivity index (χ1n) is 9.11. The molecule has 2 aliphatic heterocycles. The molecule has 2 fully saturated rings. The Bertz CT molecular complexity index is 852. The summed E-state index contributed by atoms with van der Waals surface area (Å²) in [4.78, 5) is 19.3. The van der Waals surface area contributed by atoms with Gasteiger partial charge in [0, 0.05) is 40.5 Å². The van der Waals surface area contributed by atoms with Gasteiger partial charge in [0.05, 0.1) is 24.2 Å². The van der Waals surface area contributed by atoms with Gasteiger partial charge in [-0.1, -0.05) is 0 Å². The molecule has 144 valence electrons. The van der Waals surface area contributed by atoms with Crippen molar-refractivity contribution >= 4 is 45.1 Å². The second kappa shape index (κ2) is 7.84. The Balaban J connectivity index is 1.56. The maximum Gasteiger partial charge on any atom is 0.251 e. The third-order valence-corrected chi connectivity index (χ3v) is 5.93. The summed E-state index contributed by atoms with van der Waals surface area (Å²) in [6.45, 7) is 3.80. The fourth-order valence-electron chi connectivity index (χ4n) is 3.76. The lowest BCUT2D eigenvalue weighted by molar-refractivity contribution is -0.138. The molecular weight excluding hydrogens is 462 g/mol. The Morgan fingerprint density at radius 3 is 3.00 bits per heavy atom. The van der Waals surface area contributed by atoms with Gasteiger partial charge in [0.15, 0.2) is 6.10 Å². The van der Waals surface area contributed by atoms with Crippen LogP contribution in [0.5, 0.6) is 0 Å². The average Bonchev–Trinajstić information content (AvgIpc) is 3.06. The monoisotopic (exact) mass is 484 g/mol. The molecule has 2 aliphatic rings. The van der Waals surface area contributed by atoms with Crippen LogP contribution in [0.2, 0.25) is 0 Å². The van der Waals surface area contributed by atoms with E-state index in [9.17, 15) is 9.18 Å². The van der Waals surface area contributed by atoms with Gasteiger partial charge in [-0.05, 0) is 53.8 Å². The number of anilines is 1. The van der Waals surface area contributed by atoms with E-state index in [-0.39, 0.29) is 18.6 Å². The molecule has 1 amide bonds. The van der Waals surface area contributed by atoms with E-state index in [1.807, 2.05) is 25.1 Å². The molecule has 1 aromatic carbocycles. The van der Waals surface area contributed by atoms with E-state index in [1.54, 1.807) is 6.20 Å². The predicted octanol–water partition coefficient (Wildman–Crippen LogP) is 1.86. The topological polar surface area (TPSA) is 66.5 Å². The first-order valence-corrected chi connectivity index (χ1v) is 10.2. The number of pyridine rings is 1. The zero-order chi connectivity index (χ0) is 19.0. The number of fused-ring (bicyclic) bond motifs is 1. The van der Waals surface area contributed by atoms with Gasteiger partial charge in [0.25, 0.3) is 5.91 Å². The van der Waals surface area contributed by atoms with Crippen LogP contribution < -0.4 is 15.5 Å². The summed E-state index contributed by atoms with van der Waals surface area (Å²) in [6.07, 6.45) is -0.0108. The maximum absolute atomic E-state index is 13.8. The summed E-state index contributed by atoms with van der Waals surface area (Å²) >= 11 is 2.28. The van der Waals surface area contributed by atoms with Gasteiger partial charge in [-0.15, -0.1) is 0 Å². The number of nitrogens with one attached hydrogen (secondary N) is 2. The number of alkyl halides is 1. The SMILES string of the molecule is C[C@@H]1CN(c2ccc(I)c3ncccc23)C[C@H](C(=O)N[C@@H]2CNC[C@@H]2F)O1. The lowest BCUT2D eigenvalue weighted by Crippen LogP contribution is -2.55. The molecule has 6 nitrogen and oxygen atoms in total. The Labute approximate surface area is 171 Å². The van der Waals surface area contributed by atoms with Crippen molar-refractivity contribution in [1.29, 1.82) is 0 Å². The third kappa shape index (κ3) is 3.88. The molecule has 1 aromatic heterocycles. The molecular formula is C19H22FIN4O2. The number of morpholine rings is 1. The van der Waals surface area contributed by atoms with Crippen molar-refractivity contribution < 1.29 is 13.9 Å². The number of nitrogens with zero attached hydrogens (tertiary/aromatic N) is 2. The Hall–Kier alpha value is -1.52. The van der Waals surface area contributed by atoms with Crippen molar-refractivity contribution in [1.82, 2.24) is 15.6 Å². The van der Waals surface area contributed by atoms with E-state index < -0.39 is 18.3 Å². The van der Waals surface area contributed by atoms with Gasteiger partial charge in [0.2, 0.25) is 0 Å². The standard InChI is InChI=1S/C19H22FIN4O2/c1-11-9-25(16-5-4-14(21)18-12(16)3-2-6-23-18)10-17(27-11)19(26)24-15-8-22-7-13(15)20/h2-6,11,13,15,17,22H,7-10H2,1H3,(H,24,26)/t11-,13+,15-,17-/m1/s1. The number of hydrogen-bond donors (Lipinski definition) is 2. The predicted molar refractivity (Wildman–Crippen MR) is 111 cm³/mol. The molecule has 2 aromatic rings. The van der Waals surface area contributed by atoms with Crippen molar-refractivity contribution in [3.8, 4) is 0 Å². The van der Waals surface area contributed by atoms with E-state index in [0.29, 0.717) is 19.6 Å². The molecule has 0 aliphatic carbocycles. The van der Waals surface area contributed by atoms with E-state index in [4.69, 9.17) is 4.74 Å². The molecule has 0 spiro atoms. The Morgan fingerprint density at radius 2 is 2.22 bits per heavy atom. The summed E-state index contributed by atoms with van der Waals surface area (Å²) < 4.78 is 20.8. The van der Waals surface area contributed by atoms with Crippen LogP contribution in [-0.2, 0) is 9.53 Å². The highest BCUT2D eigenvalue weighted by atomic mass is 127. The second-order valence-corrected chi connectivity index (χ2v) is 8.26. The van der Waals surface area contributed by atoms with E-state index in [1.165, 1.54) is 0 Å². The number of benzene rings is 1. The summed E-state index contributed by atoms with van der Waals surface area (Å²) in [5.41, 5.74) is 1.99. The van der Waals surface area contributed by atoms with Gasteiger partial charge in [-0.3, -0.25) is 9.78 Å². The summed E-state index contributed by atoms with van der Waals surface area (Å²) in [5.74, 6) is -0.254. The van der Waals surface area contributed by atoms with Crippen molar-refractivity contribution in [3.05, 3.63) is 34.0 Å². The van der Waals surface area contributed by atoms with E-state index >= 15 is 0 Å². The number of rotatable bonds is 3. The van der Waals surface area contributed by atoms with Crippen molar-refractivity contribution in [2.45, 2.75) is 31.3 Å². The number of ether oxygens (including phenoxy) is 1. The van der Waals surface area contributed by atoms with Crippen LogP contribution in [0.1, 0.15) is 6.92 Å². The van der Waals surface area contributed by atoms with Crippen LogP contribution >= 0.6 is 22.6 Å². The Kier molecular flexibility index (Phi) is 5.47. The molecule has 0 saturated carbocycles. The number of hydrogen-bond acceptors (Lipinski definition) is 5. The third-order valence-electron chi connectivity index (χ3n) is 5.06. The van der Waals surface area contributed by atoms with Crippen molar-refractivity contribution in [2.75, 3.05) is 31.1 Å². The zero-order valence-corrected chi connectivity index (χ0v) is 17.1. The van der Waals surface area contributed by atoms with Crippen LogP contribution in [-0.4, -0.2) is 61.5 Å². The van der Waals surface area contributed by atoms with Crippen LogP contribution in [0, 0.1) is 3.57 Å². The average molecular weight is 484 g/mol. The number of carbonyl (C=O) groups is 1. The molecule has 8 heteroatoms. The largest absolute Gasteiger partial charge is 0.365 e. The van der Waals surface area contributed by atoms with Gasteiger partial charge >= 0.3 is 0 Å². The van der Waals surface area contributed by atoms with Gasteiger partial charge < -0.3 is 20.3 Å². The lowest BCUT2D eigenvalue weighted by Gasteiger charge is -2.38. The highest BCUT2D eigenvalue weighted by molar-refractivity contribution is 14.1. The van der Waals surface area contributed by atoms with Crippen LogP contribution in [0.3, 0.4) is 0 Å². The smallest absolute Gasteiger partial charge is 0.251 e. The zero-order valence-electron chi connectivity index (χ0n) is 15.0. The molecule has 0 bridgehead atoms. The number of carbonyl (C=O) groups excluding carboxylic acids is 1. The van der Waals surface area contributed by atoms with Gasteiger partial charge in [0.1, 0.15) is 6.17 Å². The molecule has 0 radical (unpaired) electrons. The molecule has 2 N–H and O–H groups in total. The Morgan fingerprint density at radius 1 is 1.37 bits per heavy atom. The highest BCUT2D eigenvalue weighted by Gasteiger charge is 2.35. The maximum atomic E-state index is 13.8. The summed E-state index contributed by atoms with van der Waals surface area (Å²) in [5, 5.41) is 6.80. The number of amides is 1. The quantitative estimate of drug-likeness (QED) is 0.652. The van der Waals surface area contributed by atoms with Crippen molar-refractivity contribution in [3.63, 3.8) is 0 Å². The fourth-order valence-corrected chi connectivity index (χ4v) is 4.37. The van der Waals surface area contributed by atoms with Crippen LogP contribution in [0.25, 0.3) is 10.9 Å². The first-order chi connectivity index (χ1) is 13.0. The fraction of sp³-hybridized carbons (Fsp3) is 0.474. The molecule has 2 saturated heterocycles. The van der Waals surface area contributed by atoms with Crippen LogP contribution in [0.15, 0.2) is 30.5 Å². The molecule has 4 atom stereocenters. The van der Waals surface area contributed by atoms with Gasteiger partial charge in [-0.25, -0.2) is 4.39 Å². The molecule has 3 heterocycles. The minimum atomic E-state index is -1.06. The second-order valence-electron chi connectivity index (χ2n) is 7.10. The minimum Gasteiger partial charge on any atom is -0.365 e. The number of aromatic nitrogens is 1. The lowest BCUT2D eigenvalue weighted by atomic mass is 10.1. The van der Waals surface area contributed by atoms with Crippen LogP contribution in [0.4, 0.5) is 10.1 Å². The van der Waals surface area contributed by atoms with E-state index in [0.717, 1.165) is 20.2 Å². The molecule has 0 unspecified atom stereocenters. The first kappa shape index (κ1) is 18.8. The normalized spacial score (nSPS) is 28.5. The number of halogens is 2. The molecule has 4 rings (SSSR count). The summed E-state index contributed by atoms with van der Waals surface area (Å²) in [6, 6.07) is 7.59. The summed E-state index contributed by atoms with van der Waals surface area (Å²) in [7, 11) is 0. The van der Waals surface area contributed by atoms with Crippen molar-refractivity contribution in [2.24, 2.45) is 0 Å². The molecule has 27 heavy (non-hydrogen) atoms.